The van der Waals surface area contributed by atoms with Crippen LogP contribution in [0.3, 0.4) is 0 Å². The summed E-state index contributed by atoms with van der Waals surface area (Å²) in [5.41, 5.74) is 5.34. The van der Waals surface area contributed by atoms with E-state index in [4.69, 9.17) is 0 Å². The highest BCUT2D eigenvalue weighted by molar-refractivity contribution is 8.14. The summed E-state index contributed by atoms with van der Waals surface area (Å²) in [5, 5.41) is 20.5. The number of nitrogens with zero attached hydrogens (tertiary/aromatic N) is 1. The van der Waals surface area contributed by atoms with Gasteiger partial charge in [-0.3, -0.25) is 9.69 Å². The normalized spacial score (nSPS) is 15.8. The molecule has 4 aromatic carbocycles. The number of thioether (sulfide) groups is 1. The number of carbonyl (C=O) groups is 1. The number of anilines is 1. The zero-order valence-corrected chi connectivity index (χ0v) is 18.0. The van der Waals surface area contributed by atoms with Crippen molar-refractivity contribution in [3.05, 3.63) is 103 Å². The summed E-state index contributed by atoms with van der Waals surface area (Å²) in [6, 6.07) is 30.2. The van der Waals surface area contributed by atoms with Crippen LogP contribution in [-0.4, -0.2) is 21.2 Å². The van der Waals surface area contributed by atoms with Crippen molar-refractivity contribution in [3.63, 3.8) is 0 Å². The van der Waals surface area contributed by atoms with Gasteiger partial charge in [-0.05, 0) is 52.6 Å². The molecule has 1 amide bonds. The average Bonchev–Trinajstić information content (AvgIpc) is 3.20. The molecule has 0 bridgehead atoms. The monoisotopic (exact) mass is 439 g/mol. The van der Waals surface area contributed by atoms with Crippen molar-refractivity contribution in [1.82, 2.24) is 0 Å². The van der Waals surface area contributed by atoms with Crippen molar-refractivity contribution in [2.24, 2.45) is 0 Å². The number of benzene rings is 4. The highest BCUT2D eigenvalue weighted by Gasteiger charge is 2.35. The van der Waals surface area contributed by atoms with E-state index in [1.807, 2.05) is 60.7 Å². The molecule has 1 heterocycles. The van der Waals surface area contributed by atoms with E-state index in [0.717, 1.165) is 27.9 Å². The van der Waals surface area contributed by atoms with Gasteiger partial charge < -0.3 is 10.2 Å². The van der Waals surface area contributed by atoms with Crippen molar-refractivity contribution in [3.8, 4) is 33.8 Å². The smallest absolute Gasteiger partial charge is 0.286 e. The lowest BCUT2D eigenvalue weighted by Gasteiger charge is -2.25. The first-order chi connectivity index (χ1) is 15.6. The number of amides is 1. The van der Waals surface area contributed by atoms with Gasteiger partial charge in [0.25, 0.3) is 5.24 Å². The van der Waals surface area contributed by atoms with Crippen molar-refractivity contribution in [1.29, 1.82) is 0 Å². The Bertz CT molecular complexity index is 1270. The third kappa shape index (κ3) is 3.83. The van der Waals surface area contributed by atoms with Gasteiger partial charge in [0.05, 0.1) is 6.04 Å². The molecule has 2 N–H and O–H groups in total. The number of aromatic hydroxyl groups is 2. The highest BCUT2D eigenvalue weighted by Crippen LogP contribution is 2.43. The Hall–Kier alpha value is -3.70. The van der Waals surface area contributed by atoms with Gasteiger partial charge in [0, 0.05) is 17.0 Å². The zero-order chi connectivity index (χ0) is 22.1. The fourth-order valence-corrected chi connectivity index (χ4v) is 5.07. The summed E-state index contributed by atoms with van der Waals surface area (Å²) in [4.78, 5) is 14.5. The van der Waals surface area contributed by atoms with Crippen LogP contribution in [0.5, 0.6) is 11.5 Å². The molecule has 32 heavy (non-hydrogen) atoms. The van der Waals surface area contributed by atoms with Gasteiger partial charge in [-0.25, -0.2) is 0 Å². The molecule has 0 aliphatic carbocycles. The molecule has 5 heteroatoms. The first kappa shape index (κ1) is 20.2. The quantitative estimate of drug-likeness (QED) is 0.365. The molecule has 1 fully saturated rings. The molecule has 4 nitrogen and oxygen atoms in total. The lowest BCUT2D eigenvalue weighted by atomic mass is 9.99. The fourth-order valence-electron chi connectivity index (χ4n) is 4.07. The van der Waals surface area contributed by atoms with Crippen LogP contribution in [0.1, 0.15) is 11.6 Å². The SMILES string of the molecule is O=C1SCC(c2ccc(-c3cccc(O)c3)cc2O)N1c1ccc(-c2ccccc2)cc1. The topological polar surface area (TPSA) is 60.8 Å². The van der Waals surface area contributed by atoms with Crippen LogP contribution in [0.25, 0.3) is 22.3 Å². The molecule has 1 aliphatic heterocycles. The maximum atomic E-state index is 12.7. The van der Waals surface area contributed by atoms with Gasteiger partial charge in [-0.2, -0.15) is 0 Å². The molecule has 0 saturated carbocycles. The first-order valence-electron chi connectivity index (χ1n) is 10.3. The van der Waals surface area contributed by atoms with E-state index in [1.54, 1.807) is 29.2 Å². The molecule has 0 aromatic heterocycles. The van der Waals surface area contributed by atoms with Crippen molar-refractivity contribution < 1.29 is 15.0 Å². The number of rotatable bonds is 4. The molecular formula is C27H21NO3S. The Morgan fingerprint density at radius 2 is 1.38 bits per heavy atom. The minimum absolute atomic E-state index is 0.0288. The van der Waals surface area contributed by atoms with Crippen LogP contribution in [0.4, 0.5) is 10.5 Å². The van der Waals surface area contributed by atoms with E-state index in [1.165, 1.54) is 11.8 Å². The fraction of sp³-hybridized carbons (Fsp3) is 0.0741. The highest BCUT2D eigenvalue weighted by atomic mass is 32.2. The van der Waals surface area contributed by atoms with Gasteiger partial charge in [0.1, 0.15) is 11.5 Å². The molecule has 1 atom stereocenters. The summed E-state index contributed by atoms with van der Waals surface area (Å²) in [6.45, 7) is 0. The van der Waals surface area contributed by atoms with Crippen molar-refractivity contribution in [2.45, 2.75) is 6.04 Å². The third-order valence-corrected chi connectivity index (χ3v) is 6.62. The number of carbonyl (C=O) groups excluding carboxylic acids is 1. The third-order valence-electron chi connectivity index (χ3n) is 5.69. The summed E-state index contributed by atoms with van der Waals surface area (Å²) >= 11 is 1.26. The second-order valence-electron chi connectivity index (χ2n) is 7.70. The zero-order valence-electron chi connectivity index (χ0n) is 17.2. The molecule has 1 saturated heterocycles. The molecule has 1 aliphatic rings. The lowest BCUT2D eigenvalue weighted by Crippen LogP contribution is -2.26. The summed E-state index contributed by atoms with van der Waals surface area (Å²) in [7, 11) is 0. The largest absolute Gasteiger partial charge is 0.508 e. The molecular weight excluding hydrogens is 418 g/mol. The molecule has 5 rings (SSSR count). The second-order valence-corrected chi connectivity index (χ2v) is 8.67. The number of phenols is 2. The Morgan fingerprint density at radius 1 is 0.719 bits per heavy atom. The van der Waals surface area contributed by atoms with E-state index < -0.39 is 0 Å². The van der Waals surface area contributed by atoms with Crippen LogP contribution in [0.15, 0.2) is 97.1 Å². The van der Waals surface area contributed by atoms with Gasteiger partial charge in [-0.1, -0.05) is 78.5 Å². The Kier molecular flexibility index (Phi) is 5.33. The Balaban J connectivity index is 1.45. The molecule has 0 spiro atoms. The van der Waals surface area contributed by atoms with Crippen molar-refractivity contribution >= 4 is 22.7 Å². The Labute approximate surface area is 190 Å². The van der Waals surface area contributed by atoms with E-state index >= 15 is 0 Å². The maximum absolute atomic E-state index is 12.7. The predicted molar refractivity (Wildman–Crippen MR) is 130 cm³/mol. The molecule has 158 valence electrons. The van der Waals surface area contributed by atoms with E-state index in [-0.39, 0.29) is 22.8 Å². The minimum Gasteiger partial charge on any atom is -0.508 e. The molecule has 0 radical (unpaired) electrons. The van der Waals surface area contributed by atoms with E-state index in [2.05, 4.69) is 12.1 Å². The van der Waals surface area contributed by atoms with Crippen LogP contribution in [0, 0.1) is 0 Å². The molecule has 1 unspecified atom stereocenters. The molecule has 4 aromatic rings. The standard InChI is InChI=1S/C27H21NO3S/c29-23-8-4-7-20(15-23)21-11-14-24(26(30)16-21)25-17-32-27(31)28(25)22-12-9-19(10-13-22)18-5-2-1-3-6-18/h1-16,25,29-30H,17H2. The van der Waals surface area contributed by atoms with E-state index in [0.29, 0.717) is 11.3 Å². The Morgan fingerprint density at radius 3 is 2.09 bits per heavy atom. The van der Waals surface area contributed by atoms with Gasteiger partial charge in [0.15, 0.2) is 0 Å². The van der Waals surface area contributed by atoms with Crippen LogP contribution >= 0.6 is 11.8 Å². The maximum Gasteiger partial charge on any atom is 0.286 e. The van der Waals surface area contributed by atoms with E-state index in [9.17, 15) is 15.0 Å². The average molecular weight is 440 g/mol. The van der Waals surface area contributed by atoms with Gasteiger partial charge in [-0.15, -0.1) is 0 Å². The summed E-state index contributed by atoms with van der Waals surface area (Å²) < 4.78 is 0. The first-order valence-corrected chi connectivity index (χ1v) is 11.3. The van der Waals surface area contributed by atoms with Gasteiger partial charge >= 0.3 is 0 Å². The van der Waals surface area contributed by atoms with Crippen LogP contribution < -0.4 is 4.90 Å². The second kappa shape index (κ2) is 8.44. The lowest BCUT2D eigenvalue weighted by molar-refractivity contribution is 0.265. The number of phenolic OH excluding ortho intramolecular Hbond substituents is 2. The predicted octanol–water partition coefficient (Wildman–Crippen LogP) is 6.85. The summed E-state index contributed by atoms with van der Waals surface area (Å²) in [6.07, 6.45) is 0. The van der Waals surface area contributed by atoms with Crippen LogP contribution in [0.2, 0.25) is 0 Å². The van der Waals surface area contributed by atoms with Crippen molar-refractivity contribution in [2.75, 3.05) is 10.7 Å². The number of hydrogen-bond acceptors (Lipinski definition) is 4. The minimum atomic E-state index is -0.256. The number of hydrogen-bond donors (Lipinski definition) is 2. The van der Waals surface area contributed by atoms with Gasteiger partial charge in [0.2, 0.25) is 0 Å². The van der Waals surface area contributed by atoms with Crippen LogP contribution in [-0.2, 0) is 0 Å². The summed E-state index contributed by atoms with van der Waals surface area (Å²) in [5.74, 6) is 0.879.